The standard InChI is InChI=1S/C20H26N6O3S/c1-14-17(18(21)28)30-20(26(14)12-15-5-4-6-22-11-15)25-10-9-24(19(25)29)13-16(27)23-7-2-3-8-23/h4-6,11,20H,2-3,7-10,12-13H2,1H3,(H2,21,28). The summed E-state index contributed by atoms with van der Waals surface area (Å²) < 4.78 is 0. The molecule has 160 valence electrons. The van der Waals surface area contributed by atoms with Crippen molar-refractivity contribution in [2.75, 3.05) is 32.7 Å². The summed E-state index contributed by atoms with van der Waals surface area (Å²) in [5.41, 5.74) is 6.92. The number of hydrogen-bond acceptors (Lipinski definition) is 6. The Morgan fingerprint density at radius 1 is 1.23 bits per heavy atom. The third-order valence-corrected chi connectivity index (χ3v) is 7.18. The molecule has 9 nitrogen and oxygen atoms in total. The molecule has 1 unspecified atom stereocenters. The molecule has 4 amide bonds. The van der Waals surface area contributed by atoms with Gasteiger partial charge in [0.05, 0.1) is 4.91 Å². The van der Waals surface area contributed by atoms with Crippen LogP contribution in [0.2, 0.25) is 0 Å². The molecule has 0 saturated carbocycles. The predicted molar refractivity (Wildman–Crippen MR) is 113 cm³/mol. The molecule has 4 heterocycles. The number of nitrogens with two attached hydrogens (primary N) is 1. The van der Waals surface area contributed by atoms with Crippen LogP contribution >= 0.6 is 11.8 Å². The molecule has 1 aromatic rings. The quantitative estimate of drug-likeness (QED) is 0.722. The van der Waals surface area contributed by atoms with Gasteiger partial charge in [-0.25, -0.2) is 4.79 Å². The highest BCUT2D eigenvalue weighted by molar-refractivity contribution is 8.04. The van der Waals surface area contributed by atoms with Gasteiger partial charge >= 0.3 is 6.03 Å². The molecule has 0 spiro atoms. The summed E-state index contributed by atoms with van der Waals surface area (Å²) in [7, 11) is 0. The van der Waals surface area contributed by atoms with E-state index in [0.29, 0.717) is 24.5 Å². The minimum atomic E-state index is -0.496. The number of aromatic nitrogens is 1. The number of rotatable bonds is 6. The van der Waals surface area contributed by atoms with Crippen LogP contribution in [0.5, 0.6) is 0 Å². The molecular weight excluding hydrogens is 404 g/mol. The Morgan fingerprint density at radius 3 is 2.67 bits per heavy atom. The van der Waals surface area contributed by atoms with Gasteiger partial charge in [0.25, 0.3) is 5.91 Å². The average molecular weight is 431 g/mol. The smallest absolute Gasteiger partial charge is 0.322 e. The Kier molecular flexibility index (Phi) is 5.85. The third-order valence-electron chi connectivity index (χ3n) is 5.73. The van der Waals surface area contributed by atoms with Gasteiger partial charge in [-0.1, -0.05) is 17.8 Å². The van der Waals surface area contributed by atoms with Crippen molar-refractivity contribution in [1.29, 1.82) is 0 Å². The first-order valence-corrected chi connectivity index (χ1v) is 11.0. The molecule has 3 aliphatic rings. The highest BCUT2D eigenvalue weighted by Crippen LogP contribution is 2.41. The molecule has 0 aliphatic carbocycles. The van der Waals surface area contributed by atoms with Crippen molar-refractivity contribution in [3.63, 3.8) is 0 Å². The fourth-order valence-electron chi connectivity index (χ4n) is 4.09. The normalized spacial score (nSPS) is 21.9. The molecule has 0 radical (unpaired) electrons. The molecule has 2 N–H and O–H groups in total. The molecule has 4 rings (SSSR count). The third kappa shape index (κ3) is 3.96. The molecule has 1 atom stereocenters. The first-order valence-electron chi connectivity index (χ1n) is 10.1. The van der Waals surface area contributed by atoms with Crippen molar-refractivity contribution in [2.24, 2.45) is 5.73 Å². The molecule has 0 bridgehead atoms. The second-order valence-electron chi connectivity index (χ2n) is 7.70. The maximum Gasteiger partial charge on any atom is 0.322 e. The Balaban J connectivity index is 1.49. The van der Waals surface area contributed by atoms with E-state index in [9.17, 15) is 14.4 Å². The number of hydrogen-bond donors (Lipinski definition) is 1. The number of pyridine rings is 1. The van der Waals surface area contributed by atoms with Gasteiger partial charge in [0.15, 0.2) is 5.50 Å². The number of carbonyl (C=O) groups is 3. The second kappa shape index (κ2) is 8.55. The lowest BCUT2D eigenvalue weighted by Gasteiger charge is -2.34. The van der Waals surface area contributed by atoms with Crippen molar-refractivity contribution in [1.82, 2.24) is 24.6 Å². The van der Waals surface area contributed by atoms with E-state index in [1.165, 1.54) is 11.8 Å². The summed E-state index contributed by atoms with van der Waals surface area (Å²) in [5.74, 6) is -0.495. The van der Waals surface area contributed by atoms with Gasteiger partial charge in [-0.3, -0.25) is 19.5 Å². The largest absolute Gasteiger partial charge is 0.365 e. The van der Waals surface area contributed by atoms with Crippen molar-refractivity contribution in [3.8, 4) is 0 Å². The lowest BCUT2D eigenvalue weighted by atomic mass is 10.2. The van der Waals surface area contributed by atoms with Gasteiger partial charge in [-0.15, -0.1) is 0 Å². The molecule has 10 heteroatoms. The van der Waals surface area contributed by atoms with Crippen molar-refractivity contribution in [3.05, 3.63) is 40.7 Å². The van der Waals surface area contributed by atoms with Crippen LogP contribution in [0.15, 0.2) is 35.1 Å². The van der Waals surface area contributed by atoms with Gasteiger partial charge in [0.2, 0.25) is 5.91 Å². The number of primary amides is 1. The summed E-state index contributed by atoms with van der Waals surface area (Å²) in [5, 5.41) is 0. The lowest BCUT2D eigenvalue weighted by Crippen LogP contribution is -2.46. The predicted octanol–water partition coefficient (Wildman–Crippen LogP) is 0.991. The van der Waals surface area contributed by atoms with Gasteiger partial charge in [-0.05, 0) is 31.4 Å². The monoisotopic (exact) mass is 430 g/mol. The van der Waals surface area contributed by atoms with E-state index in [4.69, 9.17) is 5.73 Å². The average Bonchev–Trinajstić information content (AvgIpc) is 3.45. The number of thioether (sulfide) groups is 1. The van der Waals surface area contributed by atoms with Crippen molar-refractivity contribution in [2.45, 2.75) is 31.8 Å². The number of carbonyl (C=O) groups excluding carboxylic acids is 3. The Morgan fingerprint density at radius 2 is 2.00 bits per heavy atom. The van der Waals surface area contributed by atoms with Gasteiger partial charge in [-0.2, -0.15) is 0 Å². The lowest BCUT2D eigenvalue weighted by molar-refractivity contribution is -0.130. The zero-order chi connectivity index (χ0) is 21.3. The topological polar surface area (TPSA) is 103 Å². The van der Waals surface area contributed by atoms with E-state index < -0.39 is 5.91 Å². The first-order chi connectivity index (χ1) is 14.5. The number of nitrogens with zero attached hydrogens (tertiary/aromatic N) is 5. The summed E-state index contributed by atoms with van der Waals surface area (Å²) in [4.78, 5) is 49.3. The summed E-state index contributed by atoms with van der Waals surface area (Å²) in [6.07, 6.45) is 5.52. The fourth-order valence-corrected chi connectivity index (χ4v) is 5.38. The van der Waals surface area contributed by atoms with E-state index in [0.717, 1.165) is 37.2 Å². The minimum Gasteiger partial charge on any atom is -0.365 e. The van der Waals surface area contributed by atoms with E-state index in [1.54, 1.807) is 22.2 Å². The first kappa shape index (κ1) is 20.5. The van der Waals surface area contributed by atoms with Crippen LogP contribution in [-0.4, -0.2) is 80.7 Å². The van der Waals surface area contributed by atoms with E-state index in [-0.39, 0.29) is 24.0 Å². The van der Waals surface area contributed by atoms with E-state index in [1.807, 2.05) is 28.9 Å². The molecular formula is C20H26N6O3S. The highest BCUT2D eigenvalue weighted by Gasteiger charge is 2.43. The van der Waals surface area contributed by atoms with Crippen LogP contribution in [0.3, 0.4) is 0 Å². The fraction of sp³-hybridized carbons (Fsp3) is 0.500. The van der Waals surface area contributed by atoms with Crippen molar-refractivity contribution >= 4 is 29.6 Å². The van der Waals surface area contributed by atoms with Gasteiger partial charge < -0.3 is 20.4 Å². The Bertz CT molecular complexity index is 871. The van der Waals surface area contributed by atoms with Crippen LogP contribution in [-0.2, 0) is 16.1 Å². The van der Waals surface area contributed by atoms with Crippen LogP contribution in [0.4, 0.5) is 4.79 Å². The molecule has 1 aromatic heterocycles. The molecule has 0 aromatic carbocycles. The van der Waals surface area contributed by atoms with Gasteiger partial charge in [0.1, 0.15) is 6.54 Å². The Labute approximate surface area is 179 Å². The van der Waals surface area contributed by atoms with Crippen LogP contribution in [0, 0.1) is 0 Å². The Hall–Kier alpha value is -2.75. The number of urea groups is 1. The van der Waals surface area contributed by atoms with Gasteiger partial charge in [0, 0.05) is 50.8 Å². The maximum atomic E-state index is 13.1. The molecule has 2 fully saturated rings. The number of allylic oxidation sites excluding steroid dienone is 1. The van der Waals surface area contributed by atoms with E-state index in [2.05, 4.69) is 4.98 Å². The molecule has 2 saturated heterocycles. The molecule has 30 heavy (non-hydrogen) atoms. The van der Waals surface area contributed by atoms with Crippen LogP contribution in [0.25, 0.3) is 0 Å². The molecule has 3 aliphatic heterocycles. The van der Waals surface area contributed by atoms with Crippen molar-refractivity contribution < 1.29 is 14.4 Å². The minimum absolute atomic E-state index is 0.00104. The van der Waals surface area contributed by atoms with Crippen LogP contribution in [0.1, 0.15) is 25.3 Å². The number of likely N-dealkylation sites (tertiary alicyclic amines) is 1. The van der Waals surface area contributed by atoms with E-state index >= 15 is 0 Å². The summed E-state index contributed by atoms with van der Waals surface area (Å²) in [6.45, 7) is 4.97. The second-order valence-corrected chi connectivity index (χ2v) is 8.76. The number of amides is 4. The van der Waals surface area contributed by atoms with Crippen LogP contribution < -0.4 is 5.73 Å². The maximum absolute atomic E-state index is 13.1. The SMILES string of the molecule is CC1=C(C(N)=O)SC(N2CCN(CC(=O)N3CCCC3)C2=O)N1Cc1cccnc1. The summed E-state index contributed by atoms with van der Waals surface area (Å²) >= 11 is 1.30. The zero-order valence-corrected chi connectivity index (χ0v) is 17.8. The highest BCUT2D eigenvalue weighted by atomic mass is 32.2. The summed E-state index contributed by atoms with van der Waals surface area (Å²) in [6, 6.07) is 3.63. The zero-order valence-electron chi connectivity index (χ0n) is 17.0.